The molecule has 0 aromatic heterocycles. The van der Waals surface area contributed by atoms with Gasteiger partial charge in [-0.1, -0.05) is 83.6 Å². The Labute approximate surface area is 185 Å². The minimum absolute atomic E-state index is 0. The first-order valence-corrected chi connectivity index (χ1v) is 9.06. The Balaban J connectivity index is 0. The molecular weight excluding hydrogens is 311 g/mol. The van der Waals surface area contributed by atoms with Crippen LogP contribution in [-0.4, -0.2) is 5.97 Å². The van der Waals surface area contributed by atoms with Crippen molar-refractivity contribution in [1.29, 1.82) is 0 Å². The maximum absolute atomic E-state index is 10.1. The fourth-order valence-electron chi connectivity index (χ4n) is 2.42. The monoisotopic (exact) mass is 344 g/mol. The van der Waals surface area contributed by atoms with Gasteiger partial charge in [0.05, 0.1) is 5.97 Å². The van der Waals surface area contributed by atoms with Crippen LogP contribution >= 0.6 is 0 Å². The van der Waals surface area contributed by atoms with Crippen LogP contribution in [0.4, 0.5) is 0 Å². The predicted molar refractivity (Wildman–Crippen MR) is 92.5 cm³/mol. The molecule has 126 valence electrons. The molecule has 0 saturated carbocycles. The molecule has 0 atom stereocenters. The van der Waals surface area contributed by atoms with Gasteiger partial charge >= 0.3 is 51.4 Å². The molecule has 0 aromatic rings. The Kier molecular flexibility index (Phi) is 24.9. The predicted octanol–water partition coefficient (Wildman–Crippen LogP) is 2.10. The van der Waals surface area contributed by atoms with Crippen molar-refractivity contribution >= 4 is 5.97 Å². The Morgan fingerprint density at radius 1 is 0.870 bits per heavy atom. The minimum atomic E-state index is -1.17. The van der Waals surface area contributed by atoms with Gasteiger partial charge in [-0.2, -0.15) is 0 Å². The van der Waals surface area contributed by atoms with Crippen molar-refractivity contribution in [3.8, 4) is 0 Å². The zero-order valence-corrected chi connectivity index (χ0v) is 18.4. The first-order chi connectivity index (χ1) is 10.8. The van der Waals surface area contributed by atoms with Gasteiger partial charge in [0.15, 0.2) is 0 Å². The van der Waals surface area contributed by atoms with E-state index in [4.69, 9.17) is 0 Å². The molecule has 0 unspecified atom stereocenters. The summed E-state index contributed by atoms with van der Waals surface area (Å²) in [6.45, 7) is 2.26. The maximum atomic E-state index is 10.1. The molecule has 0 aliphatic rings. The largest absolute Gasteiger partial charge is 1.00 e. The van der Waals surface area contributed by atoms with Crippen LogP contribution in [0, 0.1) is 0 Å². The summed E-state index contributed by atoms with van der Waals surface area (Å²) in [5.74, 6) is -1.17. The van der Waals surface area contributed by atoms with Crippen molar-refractivity contribution in [3.05, 3.63) is 30.0 Å². The first-order valence-electron chi connectivity index (χ1n) is 9.06. The second-order valence-corrected chi connectivity index (χ2v) is 5.89. The fraction of sp³-hybridized carbons (Fsp3) is 0.700. The zero-order chi connectivity index (χ0) is 16.3. The fourth-order valence-corrected chi connectivity index (χ4v) is 2.42. The molecule has 0 fully saturated rings. The number of carbonyl (C=O) groups excluding carboxylic acids is 1. The number of hydrogen-bond donors (Lipinski definition) is 0. The zero-order valence-electron chi connectivity index (χ0n) is 15.3. The van der Waals surface area contributed by atoms with Gasteiger partial charge < -0.3 is 9.90 Å². The summed E-state index contributed by atoms with van der Waals surface area (Å²) < 4.78 is 0. The van der Waals surface area contributed by atoms with E-state index in [1.54, 1.807) is 6.08 Å². The van der Waals surface area contributed by atoms with Crippen LogP contribution in [-0.2, 0) is 4.79 Å². The van der Waals surface area contributed by atoms with E-state index in [1.165, 1.54) is 83.1 Å². The van der Waals surface area contributed by atoms with E-state index >= 15 is 0 Å². The van der Waals surface area contributed by atoms with Crippen LogP contribution in [0.2, 0.25) is 0 Å². The van der Waals surface area contributed by atoms with Gasteiger partial charge in [-0.15, -0.1) is 5.73 Å². The molecule has 0 aromatic carbocycles. The number of carboxylic acid groups (broad SMARTS) is 1. The topological polar surface area (TPSA) is 40.1 Å². The molecule has 23 heavy (non-hydrogen) atoms. The summed E-state index contributed by atoms with van der Waals surface area (Å²) in [7, 11) is 0. The summed E-state index contributed by atoms with van der Waals surface area (Å²) in [4.78, 5) is 10.1. The van der Waals surface area contributed by atoms with E-state index in [0.29, 0.717) is 0 Å². The second-order valence-electron chi connectivity index (χ2n) is 5.89. The quantitative estimate of drug-likeness (QED) is 0.150. The number of carboxylic acids is 1. The van der Waals surface area contributed by atoms with Gasteiger partial charge in [0.25, 0.3) is 0 Å². The smallest absolute Gasteiger partial charge is 0.545 e. The van der Waals surface area contributed by atoms with E-state index in [1.807, 2.05) is 6.08 Å². The second kappa shape index (κ2) is 22.4. The molecule has 0 spiro atoms. The summed E-state index contributed by atoms with van der Waals surface area (Å²) >= 11 is 0. The number of aliphatic carboxylic acids is 1. The van der Waals surface area contributed by atoms with Crippen LogP contribution in [0.25, 0.3) is 0 Å². The van der Waals surface area contributed by atoms with Gasteiger partial charge in [0.1, 0.15) is 0 Å². The number of hydrogen-bond acceptors (Lipinski definition) is 2. The summed E-state index contributed by atoms with van der Waals surface area (Å²) in [5, 5.41) is 10.1. The summed E-state index contributed by atoms with van der Waals surface area (Å²) in [6.07, 6.45) is 23.4. The molecule has 0 amide bonds. The van der Waals surface area contributed by atoms with E-state index < -0.39 is 5.97 Å². The van der Waals surface area contributed by atoms with Crippen molar-refractivity contribution in [2.24, 2.45) is 0 Å². The van der Waals surface area contributed by atoms with Gasteiger partial charge in [0, 0.05) is 0 Å². The van der Waals surface area contributed by atoms with E-state index in [2.05, 4.69) is 12.7 Å². The average molecular weight is 345 g/mol. The summed E-state index contributed by atoms with van der Waals surface area (Å²) in [5.41, 5.74) is 2.95. The van der Waals surface area contributed by atoms with Crippen LogP contribution in [0.1, 0.15) is 90.4 Å². The third-order valence-corrected chi connectivity index (χ3v) is 3.74. The van der Waals surface area contributed by atoms with Gasteiger partial charge in [-0.3, -0.25) is 0 Å². The molecule has 0 saturated heterocycles. The molecule has 3 heteroatoms. The summed E-state index contributed by atoms with van der Waals surface area (Å²) in [6, 6.07) is 0. The third-order valence-electron chi connectivity index (χ3n) is 3.74. The molecule has 0 N–H and O–H groups in total. The van der Waals surface area contributed by atoms with Crippen molar-refractivity contribution in [2.75, 3.05) is 0 Å². The molecular formula is C20H33KO2. The van der Waals surface area contributed by atoms with Crippen LogP contribution < -0.4 is 56.5 Å². The Bertz CT molecular complexity index is 342. The number of carbonyl (C=O) groups is 1. The van der Waals surface area contributed by atoms with Gasteiger partial charge in [-0.25, -0.2) is 0 Å². The van der Waals surface area contributed by atoms with Gasteiger partial charge in [-0.05, 0) is 31.1 Å². The molecule has 2 nitrogen and oxygen atoms in total. The van der Waals surface area contributed by atoms with Crippen LogP contribution in [0.15, 0.2) is 30.0 Å². The molecule has 0 aliphatic carbocycles. The maximum Gasteiger partial charge on any atom is 1.00 e. The molecule has 0 heterocycles. The van der Waals surface area contributed by atoms with Crippen molar-refractivity contribution in [2.45, 2.75) is 90.4 Å². The minimum Gasteiger partial charge on any atom is -0.545 e. The number of allylic oxidation sites excluding steroid dienone is 2. The standard InChI is InChI=1S/C20H34O2.K/c1-2-3-4-5-6-7-8-9-10-11-12-13-14-15-16-17-18-19-20(21)22;/h15,17-19H,2-14H2,1H3,(H,21,22);/q;+1/p-1. The Hall–Kier alpha value is 0.366. The molecule has 0 radical (unpaired) electrons. The number of rotatable bonds is 15. The van der Waals surface area contributed by atoms with E-state index in [9.17, 15) is 9.90 Å². The molecule has 0 aliphatic heterocycles. The SMILES string of the molecule is CCCCCCCCCCCCCCC=C=CC=CC(=O)[O-].[K+]. The van der Waals surface area contributed by atoms with Crippen LogP contribution in [0.5, 0.6) is 0 Å². The average Bonchev–Trinajstić information content (AvgIpc) is 2.50. The van der Waals surface area contributed by atoms with Gasteiger partial charge in [0.2, 0.25) is 0 Å². The number of unbranched alkanes of at least 4 members (excludes halogenated alkanes) is 12. The van der Waals surface area contributed by atoms with Crippen molar-refractivity contribution in [1.82, 2.24) is 0 Å². The van der Waals surface area contributed by atoms with E-state index in [0.717, 1.165) is 12.5 Å². The molecule has 0 bridgehead atoms. The Morgan fingerprint density at radius 3 is 1.83 bits per heavy atom. The molecule has 0 rings (SSSR count). The first kappa shape index (κ1) is 25.6. The van der Waals surface area contributed by atoms with Crippen molar-refractivity contribution < 1.29 is 61.3 Å². The van der Waals surface area contributed by atoms with E-state index in [-0.39, 0.29) is 51.4 Å². The van der Waals surface area contributed by atoms with Crippen LogP contribution in [0.3, 0.4) is 0 Å². The Morgan fingerprint density at radius 2 is 1.35 bits per heavy atom. The van der Waals surface area contributed by atoms with Crippen molar-refractivity contribution in [3.63, 3.8) is 0 Å². The third kappa shape index (κ3) is 24.7. The normalized spacial score (nSPS) is 10.1.